The van der Waals surface area contributed by atoms with Gasteiger partial charge in [-0.05, 0) is 42.5 Å². The first kappa shape index (κ1) is 14.4. The molecule has 4 nitrogen and oxygen atoms in total. The Morgan fingerprint density at radius 2 is 2.14 bits per heavy atom. The Morgan fingerprint density at radius 3 is 2.90 bits per heavy atom. The number of amides is 1. The summed E-state index contributed by atoms with van der Waals surface area (Å²) in [6.45, 7) is 4.39. The van der Waals surface area contributed by atoms with Crippen LogP contribution in [0.1, 0.15) is 13.8 Å². The number of nitrogens with zero attached hydrogens (tertiary/aromatic N) is 2. The molecule has 0 fully saturated rings. The Morgan fingerprint density at radius 1 is 1.33 bits per heavy atom. The first-order valence-corrected chi connectivity index (χ1v) is 7.78. The van der Waals surface area contributed by atoms with Crippen molar-refractivity contribution in [3.8, 4) is 0 Å². The van der Waals surface area contributed by atoms with Gasteiger partial charge in [-0.15, -0.1) is 0 Å². The van der Waals surface area contributed by atoms with E-state index < -0.39 is 0 Å². The third-order valence-electron chi connectivity index (χ3n) is 3.49. The molecule has 0 saturated heterocycles. The van der Waals surface area contributed by atoms with E-state index in [1.807, 2.05) is 38.1 Å². The lowest BCUT2D eigenvalue weighted by atomic mass is 10.0. The Balaban J connectivity index is 1.73. The standard InChI is InChI=1S/C15H14ClN3OS/c1-8-9(2)21-15-13(8)14(20)18-12(19-15)7-17-11-5-3-4-10(16)6-11/h3-6,13,17H,7H2,1-2H3. The fourth-order valence-corrected chi connectivity index (χ4v) is 3.59. The highest BCUT2D eigenvalue weighted by atomic mass is 35.5. The summed E-state index contributed by atoms with van der Waals surface area (Å²) < 4.78 is 0. The van der Waals surface area contributed by atoms with E-state index >= 15 is 0 Å². The summed E-state index contributed by atoms with van der Waals surface area (Å²) in [7, 11) is 0. The Bertz CT molecular complexity index is 709. The molecule has 3 rings (SSSR count). The number of carbonyl (C=O) groups excluding carboxylic acids is 1. The number of anilines is 1. The number of benzene rings is 1. The summed E-state index contributed by atoms with van der Waals surface area (Å²) in [5, 5.41) is 4.68. The van der Waals surface area contributed by atoms with Crippen molar-refractivity contribution in [1.29, 1.82) is 0 Å². The van der Waals surface area contributed by atoms with Crippen molar-refractivity contribution >= 4 is 45.8 Å². The molecule has 2 aliphatic heterocycles. The number of halogens is 1. The molecule has 1 aromatic carbocycles. The Kier molecular flexibility index (Phi) is 3.87. The largest absolute Gasteiger partial charge is 0.378 e. The molecule has 6 heteroatoms. The third kappa shape index (κ3) is 2.89. The van der Waals surface area contributed by atoms with Crippen LogP contribution >= 0.6 is 23.4 Å². The average Bonchev–Trinajstić information content (AvgIpc) is 2.72. The second kappa shape index (κ2) is 5.66. The zero-order valence-electron chi connectivity index (χ0n) is 11.7. The molecule has 0 spiro atoms. The van der Waals surface area contributed by atoms with Crippen molar-refractivity contribution in [2.24, 2.45) is 15.9 Å². The summed E-state index contributed by atoms with van der Waals surface area (Å²) in [4.78, 5) is 21.9. The number of nitrogens with one attached hydrogen (secondary N) is 1. The average molecular weight is 320 g/mol. The minimum absolute atomic E-state index is 0.121. The first-order chi connectivity index (χ1) is 10.0. The molecule has 1 atom stereocenters. The molecular weight excluding hydrogens is 306 g/mol. The highest BCUT2D eigenvalue weighted by molar-refractivity contribution is 8.17. The number of fused-ring (bicyclic) bond motifs is 1. The van der Waals surface area contributed by atoms with E-state index in [9.17, 15) is 4.79 Å². The molecular formula is C15H14ClN3OS. The maximum atomic E-state index is 12.1. The van der Waals surface area contributed by atoms with E-state index in [0.29, 0.717) is 17.4 Å². The predicted molar refractivity (Wildman–Crippen MR) is 89.3 cm³/mol. The number of aliphatic imine (C=N–C) groups is 2. The number of hydrogen-bond acceptors (Lipinski definition) is 4. The van der Waals surface area contributed by atoms with Gasteiger partial charge in [0.2, 0.25) is 0 Å². The van der Waals surface area contributed by atoms with Crippen LogP contribution in [0.4, 0.5) is 5.69 Å². The third-order valence-corrected chi connectivity index (χ3v) is 4.89. The van der Waals surface area contributed by atoms with E-state index in [1.54, 1.807) is 11.8 Å². The lowest BCUT2D eigenvalue weighted by Gasteiger charge is -2.15. The molecule has 2 aliphatic rings. The van der Waals surface area contributed by atoms with Crippen molar-refractivity contribution in [3.63, 3.8) is 0 Å². The SMILES string of the molecule is CC1=C(C)C2C(=O)N=C(CNc3cccc(Cl)c3)N=C2S1. The highest BCUT2D eigenvalue weighted by Crippen LogP contribution is 2.39. The van der Waals surface area contributed by atoms with Gasteiger partial charge in [-0.2, -0.15) is 4.99 Å². The number of allylic oxidation sites excluding steroid dienone is 1. The van der Waals surface area contributed by atoms with Gasteiger partial charge >= 0.3 is 0 Å². The molecule has 0 bridgehead atoms. The van der Waals surface area contributed by atoms with Gasteiger partial charge in [-0.3, -0.25) is 4.79 Å². The lowest BCUT2D eigenvalue weighted by Crippen LogP contribution is -2.27. The van der Waals surface area contributed by atoms with Gasteiger partial charge in [-0.25, -0.2) is 4.99 Å². The Labute approximate surface area is 132 Å². The second-order valence-electron chi connectivity index (χ2n) is 4.95. The van der Waals surface area contributed by atoms with Gasteiger partial charge in [0, 0.05) is 10.7 Å². The van der Waals surface area contributed by atoms with Crippen LogP contribution in [-0.2, 0) is 4.79 Å². The van der Waals surface area contributed by atoms with Gasteiger partial charge in [0.15, 0.2) is 5.84 Å². The fourth-order valence-electron chi connectivity index (χ4n) is 2.27. The van der Waals surface area contributed by atoms with Crippen LogP contribution in [0.25, 0.3) is 0 Å². The van der Waals surface area contributed by atoms with Crippen molar-refractivity contribution in [3.05, 3.63) is 39.8 Å². The number of hydrogen-bond donors (Lipinski definition) is 1. The van der Waals surface area contributed by atoms with E-state index in [-0.39, 0.29) is 11.8 Å². The quantitative estimate of drug-likeness (QED) is 0.923. The van der Waals surface area contributed by atoms with E-state index in [2.05, 4.69) is 15.3 Å². The second-order valence-corrected chi connectivity index (χ2v) is 6.63. The summed E-state index contributed by atoms with van der Waals surface area (Å²) in [6, 6.07) is 7.41. The number of rotatable bonds is 3. The van der Waals surface area contributed by atoms with Crippen molar-refractivity contribution in [2.75, 3.05) is 11.9 Å². The number of thioether (sulfide) groups is 1. The van der Waals surface area contributed by atoms with Crippen molar-refractivity contribution in [2.45, 2.75) is 13.8 Å². The maximum Gasteiger partial charge on any atom is 0.261 e. The van der Waals surface area contributed by atoms with Gasteiger partial charge in [0.25, 0.3) is 5.91 Å². The molecule has 0 radical (unpaired) electrons. The van der Waals surface area contributed by atoms with Crippen molar-refractivity contribution in [1.82, 2.24) is 0 Å². The topological polar surface area (TPSA) is 53.8 Å². The van der Waals surface area contributed by atoms with E-state index in [1.165, 1.54) is 0 Å². The summed E-state index contributed by atoms with van der Waals surface area (Å²) in [5.74, 6) is 0.135. The highest BCUT2D eigenvalue weighted by Gasteiger charge is 2.36. The fraction of sp³-hybridized carbons (Fsp3) is 0.267. The molecule has 0 saturated carbocycles. The van der Waals surface area contributed by atoms with E-state index in [0.717, 1.165) is 21.2 Å². The minimum atomic E-state index is -0.259. The van der Waals surface area contributed by atoms with Crippen LogP contribution in [0.15, 0.2) is 44.7 Å². The number of carbonyl (C=O) groups is 1. The number of amidine groups is 1. The molecule has 1 N–H and O–H groups in total. The minimum Gasteiger partial charge on any atom is -0.378 e. The van der Waals surface area contributed by atoms with Crippen LogP contribution in [0, 0.1) is 5.92 Å². The molecule has 0 aromatic heterocycles. The zero-order chi connectivity index (χ0) is 15.0. The predicted octanol–water partition coefficient (Wildman–Crippen LogP) is 3.75. The van der Waals surface area contributed by atoms with Crippen molar-refractivity contribution < 1.29 is 4.79 Å². The zero-order valence-corrected chi connectivity index (χ0v) is 13.3. The molecule has 2 heterocycles. The van der Waals surface area contributed by atoms with Crippen LogP contribution in [0.2, 0.25) is 5.02 Å². The van der Waals surface area contributed by atoms with E-state index in [4.69, 9.17) is 11.6 Å². The monoisotopic (exact) mass is 319 g/mol. The van der Waals surface area contributed by atoms with Crippen LogP contribution in [0.3, 0.4) is 0 Å². The maximum absolute atomic E-state index is 12.1. The molecule has 1 aromatic rings. The molecule has 1 amide bonds. The molecule has 108 valence electrons. The summed E-state index contributed by atoms with van der Waals surface area (Å²) in [6.07, 6.45) is 0. The smallest absolute Gasteiger partial charge is 0.261 e. The Hall–Kier alpha value is -1.59. The summed E-state index contributed by atoms with van der Waals surface area (Å²) >= 11 is 7.50. The van der Waals surface area contributed by atoms with Gasteiger partial charge < -0.3 is 5.32 Å². The van der Waals surface area contributed by atoms with Crippen LogP contribution in [0.5, 0.6) is 0 Å². The normalized spacial score (nSPS) is 21.1. The lowest BCUT2D eigenvalue weighted by molar-refractivity contribution is -0.118. The molecule has 1 unspecified atom stereocenters. The first-order valence-electron chi connectivity index (χ1n) is 6.59. The van der Waals surface area contributed by atoms with Gasteiger partial charge in [0.1, 0.15) is 5.92 Å². The van der Waals surface area contributed by atoms with Gasteiger partial charge in [0.05, 0.1) is 11.6 Å². The van der Waals surface area contributed by atoms with Crippen LogP contribution in [-0.4, -0.2) is 23.3 Å². The molecule has 21 heavy (non-hydrogen) atoms. The molecule has 0 aliphatic carbocycles. The van der Waals surface area contributed by atoms with Crippen LogP contribution < -0.4 is 5.32 Å². The summed E-state index contributed by atoms with van der Waals surface area (Å²) in [5.41, 5.74) is 1.94. The van der Waals surface area contributed by atoms with Gasteiger partial charge in [-0.1, -0.05) is 29.4 Å².